The van der Waals surface area contributed by atoms with Gasteiger partial charge in [0.1, 0.15) is 0 Å². The van der Waals surface area contributed by atoms with Crippen molar-refractivity contribution in [3.63, 3.8) is 0 Å². The fourth-order valence-corrected chi connectivity index (χ4v) is 4.76. The van der Waals surface area contributed by atoms with E-state index in [1.807, 2.05) is 0 Å². The molecule has 0 amide bonds. The van der Waals surface area contributed by atoms with E-state index in [0.29, 0.717) is 6.04 Å². The first-order valence-corrected chi connectivity index (χ1v) is 8.49. The van der Waals surface area contributed by atoms with Crippen LogP contribution >= 0.6 is 24.0 Å². The van der Waals surface area contributed by atoms with E-state index in [-0.39, 0.29) is 0 Å². The molecule has 2 atom stereocenters. The molecule has 1 aliphatic rings. The number of aromatic amines is 1. The molecule has 2 nitrogen and oxygen atoms in total. The van der Waals surface area contributed by atoms with Gasteiger partial charge in [-0.25, -0.2) is 0 Å². The summed E-state index contributed by atoms with van der Waals surface area (Å²) in [5, 5.41) is 0.719. The Morgan fingerprint density at radius 2 is 2.26 bits per heavy atom. The standard InChI is InChI=1S/C15H20N2S2/c1-3-19-14-6-4-5-12(14)17-13-9-10(2)7-8-11(13)16-15(17)18/h7-9,12,14H,3-6H2,1-2H3,(H,16,18). The minimum atomic E-state index is 0.563. The Kier molecular flexibility index (Phi) is 3.72. The van der Waals surface area contributed by atoms with Gasteiger partial charge in [0.05, 0.1) is 11.0 Å². The van der Waals surface area contributed by atoms with Crippen LogP contribution in [-0.4, -0.2) is 20.6 Å². The van der Waals surface area contributed by atoms with Crippen molar-refractivity contribution in [1.82, 2.24) is 9.55 Å². The van der Waals surface area contributed by atoms with E-state index in [4.69, 9.17) is 12.2 Å². The minimum absolute atomic E-state index is 0.563. The molecule has 0 spiro atoms. The summed E-state index contributed by atoms with van der Waals surface area (Å²) in [7, 11) is 0. The van der Waals surface area contributed by atoms with Crippen molar-refractivity contribution in [2.24, 2.45) is 0 Å². The van der Waals surface area contributed by atoms with Crippen molar-refractivity contribution in [3.8, 4) is 0 Å². The van der Waals surface area contributed by atoms with Gasteiger partial charge in [-0.3, -0.25) is 0 Å². The van der Waals surface area contributed by atoms with E-state index in [0.717, 1.165) is 10.0 Å². The van der Waals surface area contributed by atoms with E-state index in [1.165, 1.54) is 41.6 Å². The summed E-state index contributed by atoms with van der Waals surface area (Å²) in [6.07, 6.45) is 3.90. The zero-order valence-corrected chi connectivity index (χ0v) is 13.1. The Morgan fingerprint density at radius 1 is 1.42 bits per heavy atom. The predicted octanol–water partition coefficient (Wildman–Crippen LogP) is 4.85. The molecule has 3 rings (SSSR count). The molecular formula is C15H20N2S2. The lowest BCUT2D eigenvalue weighted by Gasteiger charge is -2.21. The molecule has 1 aliphatic carbocycles. The maximum absolute atomic E-state index is 5.57. The van der Waals surface area contributed by atoms with Crippen molar-refractivity contribution in [1.29, 1.82) is 0 Å². The van der Waals surface area contributed by atoms with Crippen molar-refractivity contribution in [2.45, 2.75) is 44.4 Å². The van der Waals surface area contributed by atoms with Gasteiger partial charge in [0.15, 0.2) is 4.77 Å². The topological polar surface area (TPSA) is 20.7 Å². The summed E-state index contributed by atoms with van der Waals surface area (Å²) < 4.78 is 3.26. The van der Waals surface area contributed by atoms with Crippen LogP contribution in [0, 0.1) is 11.7 Å². The summed E-state index contributed by atoms with van der Waals surface area (Å²) in [6, 6.07) is 7.11. The van der Waals surface area contributed by atoms with Crippen molar-refractivity contribution in [3.05, 3.63) is 28.5 Å². The molecule has 1 aromatic heterocycles. The largest absolute Gasteiger partial charge is 0.331 e. The number of rotatable bonds is 3. The number of fused-ring (bicyclic) bond motifs is 1. The summed E-state index contributed by atoms with van der Waals surface area (Å²) in [5.41, 5.74) is 3.74. The molecule has 0 aliphatic heterocycles. The van der Waals surface area contributed by atoms with Crippen LogP contribution in [0.25, 0.3) is 11.0 Å². The van der Waals surface area contributed by atoms with E-state index >= 15 is 0 Å². The highest BCUT2D eigenvalue weighted by Gasteiger charge is 2.30. The fourth-order valence-electron chi connectivity index (χ4n) is 3.17. The second kappa shape index (κ2) is 5.33. The molecule has 0 radical (unpaired) electrons. The molecule has 102 valence electrons. The second-order valence-corrected chi connectivity index (χ2v) is 7.22. The van der Waals surface area contributed by atoms with Gasteiger partial charge in [-0.15, -0.1) is 0 Å². The van der Waals surface area contributed by atoms with Gasteiger partial charge < -0.3 is 9.55 Å². The number of nitrogens with zero attached hydrogens (tertiary/aromatic N) is 1. The van der Waals surface area contributed by atoms with Crippen LogP contribution in [0.5, 0.6) is 0 Å². The molecule has 1 saturated carbocycles. The molecule has 1 N–H and O–H groups in total. The van der Waals surface area contributed by atoms with Gasteiger partial charge in [0, 0.05) is 11.3 Å². The third-order valence-corrected chi connectivity index (χ3v) is 5.61. The Balaban J connectivity index is 2.11. The first kappa shape index (κ1) is 13.3. The van der Waals surface area contributed by atoms with Crippen LogP contribution in [0.2, 0.25) is 0 Å². The molecule has 0 bridgehead atoms. The monoisotopic (exact) mass is 292 g/mol. The lowest BCUT2D eigenvalue weighted by Crippen LogP contribution is -2.16. The molecule has 19 heavy (non-hydrogen) atoms. The molecule has 2 aromatic rings. The van der Waals surface area contributed by atoms with E-state index in [1.54, 1.807) is 0 Å². The number of H-pyrrole nitrogens is 1. The highest BCUT2D eigenvalue weighted by molar-refractivity contribution is 7.99. The zero-order chi connectivity index (χ0) is 13.4. The highest BCUT2D eigenvalue weighted by atomic mass is 32.2. The lowest BCUT2D eigenvalue weighted by molar-refractivity contribution is 0.536. The van der Waals surface area contributed by atoms with Crippen molar-refractivity contribution < 1.29 is 0 Å². The van der Waals surface area contributed by atoms with Crippen molar-refractivity contribution in [2.75, 3.05) is 5.75 Å². The van der Waals surface area contributed by atoms with Gasteiger partial charge in [0.2, 0.25) is 0 Å². The quantitative estimate of drug-likeness (QED) is 0.816. The number of imidazole rings is 1. The fraction of sp³-hybridized carbons (Fsp3) is 0.533. The number of aryl methyl sites for hydroxylation is 1. The first-order chi connectivity index (χ1) is 9.20. The highest BCUT2D eigenvalue weighted by Crippen LogP contribution is 2.40. The van der Waals surface area contributed by atoms with Gasteiger partial charge in [-0.05, 0) is 55.4 Å². The maximum Gasteiger partial charge on any atom is 0.178 e. The third kappa shape index (κ3) is 2.36. The molecule has 1 fully saturated rings. The molecule has 4 heteroatoms. The van der Waals surface area contributed by atoms with Crippen LogP contribution in [-0.2, 0) is 0 Å². The average Bonchev–Trinajstić information content (AvgIpc) is 2.93. The summed E-state index contributed by atoms with van der Waals surface area (Å²) in [6.45, 7) is 4.39. The first-order valence-electron chi connectivity index (χ1n) is 7.03. The Hall–Kier alpha value is -0.740. The Labute approximate surface area is 123 Å². The smallest absolute Gasteiger partial charge is 0.178 e. The Morgan fingerprint density at radius 3 is 3.05 bits per heavy atom. The SMILES string of the molecule is CCSC1CCCC1n1c(=S)[nH]c2ccc(C)cc21. The number of nitrogens with one attached hydrogen (secondary N) is 1. The number of hydrogen-bond acceptors (Lipinski definition) is 2. The molecular weight excluding hydrogens is 272 g/mol. The van der Waals surface area contributed by atoms with Gasteiger partial charge >= 0.3 is 0 Å². The average molecular weight is 292 g/mol. The van der Waals surface area contributed by atoms with Crippen LogP contribution in [0.3, 0.4) is 0 Å². The zero-order valence-electron chi connectivity index (χ0n) is 11.5. The second-order valence-electron chi connectivity index (χ2n) is 5.31. The maximum atomic E-state index is 5.57. The number of thioether (sulfide) groups is 1. The summed E-state index contributed by atoms with van der Waals surface area (Å²) in [4.78, 5) is 3.36. The minimum Gasteiger partial charge on any atom is -0.331 e. The van der Waals surface area contributed by atoms with Crippen LogP contribution in [0.4, 0.5) is 0 Å². The van der Waals surface area contributed by atoms with Gasteiger partial charge in [0.25, 0.3) is 0 Å². The van der Waals surface area contributed by atoms with E-state index in [9.17, 15) is 0 Å². The predicted molar refractivity (Wildman–Crippen MR) is 86.7 cm³/mol. The number of benzene rings is 1. The molecule has 2 unspecified atom stereocenters. The normalized spacial score (nSPS) is 23.3. The van der Waals surface area contributed by atoms with Crippen LogP contribution in [0.1, 0.15) is 37.8 Å². The van der Waals surface area contributed by atoms with Crippen molar-refractivity contribution >= 4 is 35.0 Å². The van der Waals surface area contributed by atoms with Gasteiger partial charge in [-0.1, -0.05) is 19.4 Å². The number of hydrogen-bond donors (Lipinski definition) is 1. The van der Waals surface area contributed by atoms with Crippen LogP contribution in [0.15, 0.2) is 18.2 Å². The van der Waals surface area contributed by atoms with E-state index < -0.39 is 0 Å². The molecule has 1 heterocycles. The summed E-state index contributed by atoms with van der Waals surface area (Å²) in [5.74, 6) is 1.19. The number of aromatic nitrogens is 2. The summed E-state index contributed by atoms with van der Waals surface area (Å²) >= 11 is 7.65. The molecule has 0 saturated heterocycles. The van der Waals surface area contributed by atoms with Crippen LogP contribution < -0.4 is 0 Å². The Bertz CT molecular complexity index is 641. The molecule has 1 aromatic carbocycles. The lowest BCUT2D eigenvalue weighted by atomic mass is 10.2. The van der Waals surface area contributed by atoms with E-state index in [2.05, 4.69) is 53.4 Å². The third-order valence-electron chi connectivity index (χ3n) is 4.00. The van der Waals surface area contributed by atoms with Gasteiger partial charge in [-0.2, -0.15) is 11.8 Å².